The van der Waals surface area contributed by atoms with Gasteiger partial charge in [-0.05, 0) is 34.4 Å². The lowest BCUT2D eigenvalue weighted by molar-refractivity contribution is 0.665. The highest BCUT2D eigenvalue weighted by atomic mass is 14.8. The summed E-state index contributed by atoms with van der Waals surface area (Å²) in [5.41, 5.74) is 8.67. The van der Waals surface area contributed by atoms with Crippen LogP contribution in [0.25, 0.3) is 43.8 Å². The Hall–Kier alpha value is -3.20. The van der Waals surface area contributed by atoms with E-state index < -0.39 is 0 Å². The van der Waals surface area contributed by atoms with Crippen molar-refractivity contribution in [3.8, 4) is 11.1 Å². The Bertz CT molecular complexity index is 1360. The molecule has 2 aromatic carbocycles. The Balaban J connectivity index is 1.98. The maximum Gasteiger partial charge on any atom is 0.0809 e. The lowest BCUT2D eigenvalue weighted by atomic mass is 9.81. The van der Waals surface area contributed by atoms with E-state index >= 15 is 0 Å². The molecule has 0 unspecified atom stereocenters. The van der Waals surface area contributed by atoms with Crippen LogP contribution < -0.4 is 0 Å². The van der Waals surface area contributed by atoms with Gasteiger partial charge in [0.15, 0.2) is 0 Å². The molecule has 1 aliphatic carbocycles. The van der Waals surface area contributed by atoms with Gasteiger partial charge in [-0.1, -0.05) is 44.2 Å². The molecule has 0 saturated heterocycles. The first-order valence-corrected chi connectivity index (χ1v) is 8.94. The smallest absolute Gasteiger partial charge is 0.0809 e. The van der Waals surface area contributed by atoms with Gasteiger partial charge in [-0.15, -0.1) is 0 Å². The molecule has 0 saturated carbocycles. The molecule has 0 aliphatic heterocycles. The van der Waals surface area contributed by atoms with Crippen molar-refractivity contribution in [3.05, 3.63) is 72.2 Å². The second kappa shape index (κ2) is 4.50. The number of nitrogens with zero attached hydrogens (tertiary/aromatic N) is 2. The Kier molecular flexibility index (Phi) is 2.42. The second-order valence-corrected chi connectivity index (χ2v) is 7.62. The molecule has 1 N–H and O–H groups in total. The SMILES string of the molecule is CC1(C)c2ccccc2-c2c1c1[nH]c3ccncc3c1c1ncccc21. The van der Waals surface area contributed by atoms with Crippen molar-refractivity contribution in [1.82, 2.24) is 15.0 Å². The lowest BCUT2D eigenvalue weighted by Crippen LogP contribution is -2.15. The molecule has 1 aliphatic rings. The standard InChI is InChI=1S/C23H17N3/c1-23(2)16-8-4-3-6-13(16)18-14-7-5-10-25-21(14)19-15-12-24-11-9-17(15)26-22(19)20(18)23/h3-12,26H,1-2H3. The topological polar surface area (TPSA) is 41.6 Å². The van der Waals surface area contributed by atoms with E-state index in [0.717, 1.165) is 16.4 Å². The zero-order chi connectivity index (χ0) is 17.5. The molecule has 0 spiro atoms. The number of pyridine rings is 2. The Morgan fingerprint density at radius 1 is 0.923 bits per heavy atom. The summed E-state index contributed by atoms with van der Waals surface area (Å²) < 4.78 is 0. The number of hydrogen-bond donors (Lipinski definition) is 1. The van der Waals surface area contributed by atoms with Crippen LogP contribution in [-0.2, 0) is 5.41 Å². The normalized spacial score (nSPS) is 14.8. The van der Waals surface area contributed by atoms with E-state index in [0.29, 0.717) is 0 Å². The van der Waals surface area contributed by atoms with Crippen molar-refractivity contribution in [2.45, 2.75) is 19.3 Å². The molecule has 124 valence electrons. The molecule has 3 nitrogen and oxygen atoms in total. The van der Waals surface area contributed by atoms with Gasteiger partial charge in [0.05, 0.1) is 11.0 Å². The fraction of sp³-hybridized carbons (Fsp3) is 0.130. The first-order valence-electron chi connectivity index (χ1n) is 8.94. The van der Waals surface area contributed by atoms with Crippen molar-refractivity contribution >= 4 is 32.7 Å². The minimum atomic E-state index is -0.0670. The van der Waals surface area contributed by atoms with E-state index in [1.807, 2.05) is 30.7 Å². The Labute approximate surface area is 150 Å². The number of fused-ring (bicyclic) bond motifs is 10. The van der Waals surface area contributed by atoms with E-state index in [4.69, 9.17) is 4.98 Å². The zero-order valence-electron chi connectivity index (χ0n) is 14.7. The molecule has 3 heterocycles. The van der Waals surface area contributed by atoms with Crippen LogP contribution in [0.3, 0.4) is 0 Å². The van der Waals surface area contributed by atoms with Crippen LogP contribution in [-0.4, -0.2) is 15.0 Å². The monoisotopic (exact) mass is 335 g/mol. The van der Waals surface area contributed by atoms with E-state index in [1.54, 1.807) is 0 Å². The van der Waals surface area contributed by atoms with Crippen LogP contribution in [0.2, 0.25) is 0 Å². The number of benzene rings is 2. The number of aromatic nitrogens is 3. The van der Waals surface area contributed by atoms with Crippen molar-refractivity contribution in [3.63, 3.8) is 0 Å². The van der Waals surface area contributed by atoms with Crippen LogP contribution in [0.5, 0.6) is 0 Å². The fourth-order valence-electron chi connectivity index (χ4n) is 4.82. The average Bonchev–Trinajstić information content (AvgIpc) is 3.16. The number of aromatic amines is 1. The number of hydrogen-bond acceptors (Lipinski definition) is 2. The molecule has 3 aromatic heterocycles. The van der Waals surface area contributed by atoms with Crippen LogP contribution in [0.1, 0.15) is 25.0 Å². The van der Waals surface area contributed by atoms with Crippen LogP contribution in [0, 0.1) is 0 Å². The molecule has 5 aromatic rings. The third-order valence-electron chi connectivity index (χ3n) is 5.91. The second-order valence-electron chi connectivity index (χ2n) is 7.62. The van der Waals surface area contributed by atoms with Gasteiger partial charge in [0.25, 0.3) is 0 Å². The van der Waals surface area contributed by atoms with Gasteiger partial charge < -0.3 is 4.98 Å². The Morgan fingerprint density at radius 2 is 1.81 bits per heavy atom. The van der Waals surface area contributed by atoms with Crippen LogP contribution >= 0.6 is 0 Å². The highest BCUT2D eigenvalue weighted by molar-refractivity contribution is 6.24. The molecule has 0 bridgehead atoms. The number of H-pyrrole nitrogens is 1. The van der Waals surface area contributed by atoms with Gasteiger partial charge in [-0.2, -0.15) is 0 Å². The molecule has 3 heteroatoms. The van der Waals surface area contributed by atoms with Crippen molar-refractivity contribution in [2.24, 2.45) is 0 Å². The van der Waals surface area contributed by atoms with E-state index in [9.17, 15) is 0 Å². The predicted octanol–water partition coefficient (Wildman–Crippen LogP) is 5.57. The maximum atomic E-state index is 4.78. The lowest BCUT2D eigenvalue weighted by Gasteiger charge is -2.22. The molecule has 0 radical (unpaired) electrons. The maximum absolute atomic E-state index is 4.78. The summed E-state index contributed by atoms with van der Waals surface area (Å²) in [7, 11) is 0. The summed E-state index contributed by atoms with van der Waals surface area (Å²) in [5.74, 6) is 0. The van der Waals surface area contributed by atoms with Crippen LogP contribution in [0.4, 0.5) is 0 Å². The molecule has 0 amide bonds. The average molecular weight is 335 g/mol. The summed E-state index contributed by atoms with van der Waals surface area (Å²) in [4.78, 5) is 12.8. The van der Waals surface area contributed by atoms with Gasteiger partial charge >= 0.3 is 0 Å². The zero-order valence-corrected chi connectivity index (χ0v) is 14.7. The van der Waals surface area contributed by atoms with Gasteiger partial charge in [-0.3, -0.25) is 9.97 Å². The third kappa shape index (κ3) is 1.50. The fourth-order valence-corrected chi connectivity index (χ4v) is 4.82. The highest BCUT2D eigenvalue weighted by Gasteiger charge is 2.39. The molecule has 26 heavy (non-hydrogen) atoms. The minimum absolute atomic E-state index is 0.0670. The minimum Gasteiger partial charge on any atom is -0.354 e. The molecular weight excluding hydrogens is 318 g/mol. The molecule has 0 atom stereocenters. The molecule has 6 rings (SSSR count). The highest BCUT2D eigenvalue weighted by Crippen LogP contribution is 2.54. The molecule has 0 fully saturated rings. The summed E-state index contributed by atoms with van der Waals surface area (Å²) in [5, 5.41) is 3.54. The summed E-state index contributed by atoms with van der Waals surface area (Å²) >= 11 is 0. The Morgan fingerprint density at radius 3 is 2.73 bits per heavy atom. The van der Waals surface area contributed by atoms with E-state index in [2.05, 4.69) is 54.1 Å². The van der Waals surface area contributed by atoms with Crippen molar-refractivity contribution in [2.75, 3.05) is 0 Å². The first kappa shape index (κ1) is 14.0. The quantitative estimate of drug-likeness (QED) is 0.402. The van der Waals surface area contributed by atoms with Gasteiger partial charge in [-0.25, -0.2) is 0 Å². The largest absolute Gasteiger partial charge is 0.354 e. The summed E-state index contributed by atoms with van der Waals surface area (Å²) in [6.45, 7) is 4.64. The summed E-state index contributed by atoms with van der Waals surface area (Å²) in [6, 6.07) is 15.1. The van der Waals surface area contributed by atoms with Crippen molar-refractivity contribution in [1.29, 1.82) is 0 Å². The number of rotatable bonds is 0. The predicted molar refractivity (Wildman–Crippen MR) is 106 cm³/mol. The summed E-state index contributed by atoms with van der Waals surface area (Å²) in [6.07, 6.45) is 5.67. The van der Waals surface area contributed by atoms with E-state index in [1.165, 1.54) is 38.5 Å². The van der Waals surface area contributed by atoms with Crippen molar-refractivity contribution < 1.29 is 0 Å². The van der Waals surface area contributed by atoms with Gasteiger partial charge in [0.2, 0.25) is 0 Å². The third-order valence-corrected chi connectivity index (χ3v) is 5.91. The first-order chi connectivity index (χ1) is 12.7. The number of nitrogens with one attached hydrogen (secondary N) is 1. The molecular formula is C23H17N3. The van der Waals surface area contributed by atoms with Crippen LogP contribution in [0.15, 0.2) is 61.1 Å². The van der Waals surface area contributed by atoms with Gasteiger partial charge in [0.1, 0.15) is 0 Å². The van der Waals surface area contributed by atoms with E-state index in [-0.39, 0.29) is 5.41 Å². The van der Waals surface area contributed by atoms with Gasteiger partial charge in [0, 0.05) is 45.7 Å².